The van der Waals surface area contributed by atoms with Crippen molar-refractivity contribution in [2.45, 2.75) is 33.3 Å². The lowest BCUT2D eigenvalue weighted by atomic mass is 10.2. The lowest BCUT2D eigenvalue weighted by Gasteiger charge is -2.20. The molecule has 1 N–H and O–H groups in total. The fraction of sp³-hybridized carbons (Fsp3) is 0.727. The molecular weight excluding hydrogens is 257 g/mol. The van der Waals surface area contributed by atoms with Gasteiger partial charge in [-0.3, -0.25) is 4.57 Å². The summed E-state index contributed by atoms with van der Waals surface area (Å²) in [7, 11) is -3.23. The van der Waals surface area contributed by atoms with Crippen molar-refractivity contribution in [3.05, 3.63) is 12.4 Å². The Morgan fingerprint density at radius 1 is 1.39 bits per heavy atom. The van der Waals surface area contributed by atoms with Crippen molar-refractivity contribution in [1.29, 1.82) is 0 Å². The van der Waals surface area contributed by atoms with Crippen LogP contribution < -0.4 is 5.32 Å². The molecule has 0 aliphatic rings. The van der Waals surface area contributed by atoms with E-state index in [1.807, 2.05) is 0 Å². The van der Waals surface area contributed by atoms with E-state index in [1.165, 1.54) is 0 Å². The minimum Gasteiger partial charge on any atom is -0.444 e. The summed E-state index contributed by atoms with van der Waals surface area (Å²) < 4.78 is 26.7. The second-order valence-corrected chi connectivity index (χ2v) is 6.36. The minimum absolute atomic E-state index is 0.0581. The summed E-state index contributed by atoms with van der Waals surface area (Å²) in [5, 5.41) is 2.48. The third-order valence-corrected chi connectivity index (χ3v) is 3.18. The van der Waals surface area contributed by atoms with Crippen molar-refractivity contribution in [2.75, 3.05) is 19.8 Å². The van der Waals surface area contributed by atoms with Gasteiger partial charge in [0.05, 0.1) is 13.2 Å². The summed E-state index contributed by atoms with van der Waals surface area (Å²) in [6.45, 7) is 10.9. The third kappa shape index (κ3) is 8.28. The fourth-order valence-corrected chi connectivity index (χ4v) is 1.95. The molecule has 0 saturated carbocycles. The number of carbonyl (C=O) groups excluding carboxylic acids is 1. The van der Waals surface area contributed by atoms with E-state index in [2.05, 4.69) is 11.9 Å². The van der Waals surface area contributed by atoms with Crippen molar-refractivity contribution < 1.29 is 23.1 Å². The van der Waals surface area contributed by atoms with Crippen LogP contribution in [0, 0.1) is 0 Å². The number of rotatable bonds is 7. The van der Waals surface area contributed by atoms with E-state index in [-0.39, 0.29) is 19.8 Å². The molecule has 0 saturated heterocycles. The number of hydrogen-bond donors (Lipinski definition) is 1. The van der Waals surface area contributed by atoms with E-state index < -0.39 is 19.3 Å². The predicted octanol–water partition coefficient (Wildman–Crippen LogP) is 2.90. The van der Waals surface area contributed by atoms with Gasteiger partial charge in [0.2, 0.25) is 0 Å². The zero-order chi connectivity index (χ0) is 14.2. The van der Waals surface area contributed by atoms with Crippen LogP contribution >= 0.6 is 7.60 Å². The largest absolute Gasteiger partial charge is 0.444 e. The number of nitrogens with one attached hydrogen (secondary N) is 1. The van der Waals surface area contributed by atoms with E-state index >= 15 is 0 Å². The quantitative estimate of drug-likeness (QED) is 0.573. The van der Waals surface area contributed by atoms with Crippen molar-refractivity contribution in [2.24, 2.45) is 0 Å². The van der Waals surface area contributed by atoms with Gasteiger partial charge >= 0.3 is 13.7 Å². The second kappa shape index (κ2) is 7.56. The molecule has 1 atom stereocenters. The molecule has 0 rings (SSSR count). The molecule has 6 nitrogen and oxygen atoms in total. The number of alkyl carbamates (subject to hydrolysis) is 1. The first-order valence-corrected chi connectivity index (χ1v) is 7.33. The molecule has 0 spiro atoms. The van der Waals surface area contributed by atoms with Crippen LogP contribution in [-0.4, -0.2) is 31.5 Å². The number of ether oxygens (including phenoxy) is 1. The van der Waals surface area contributed by atoms with Gasteiger partial charge in [-0.05, 0) is 27.7 Å². The summed E-state index contributed by atoms with van der Waals surface area (Å²) in [6.07, 6.45) is -0.545. The van der Waals surface area contributed by atoms with Gasteiger partial charge in [0.1, 0.15) is 5.60 Å². The van der Waals surface area contributed by atoms with Crippen LogP contribution in [0.3, 0.4) is 0 Å². The van der Waals surface area contributed by atoms with Crippen LogP contribution in [0.1, 0.15) is 27.7 Å². The Hall–Kier alpha value is -0.840. The molecule has 0 heterocycles. The summed E-state index contributed by atoms with van der Waals surface area (Å²) in [5.74, 6) is 1.14. The predicted molar refractivity (Wildman–Crippen MR) is 69.6 cm³/mol. The Bertz CT molecular complexity index is 324. The standard InChI is InChI=1S/C11H22NO5P/c1-6-15-18(14,7-2)16-9-8-12-10(13)17-11(3,4)5/h7H,2,6,8-9H2,1,3-5H3,(H,12,13). The van der Waals surface area contributed by atoms with Crippen LogP contribution in [0.15, 0.2) is 12.4 Å². The van der Waals surface area contributed by atoms with Gasteiger partial charge in [-0.15, -0.1) is 0 Å². The van der Waals surface area contributed by atoms with Crippen LogP contribution in [0.2, 0.25) is 0 Å². The van der Waals surface area contributed by atoms with Gasteiger partial charge in [-0.1, -0.05) is 6.58 Å². The molecule has 106 valence electrons. The minimum atomic E-state index is -3.23. The van der Waals surface area contributed by atoms with Crippen LogP contribution in [0.25, 0.3) is 0 Å². The third-order valence-electron chi connectivity index (χ3n) is 1.57. The molecule has 0 radical (unpaired) electrons. The number of hydrogen-bond acceptors (Lipinski definition) is 5. The zero-order valence-electron chi connectivity index (χ0n) is 11.4. The summed E-state index contributed by atoms with van der Waals surface area (Å²) in [4.78, 5) is 11.3. The van der Waals surface area contributed by atoms with E-state index in [1.54, 1.807) is 27.7 Å². The monoisotopic (exact) mass is 279 g/mol. The molecule has 0 aliphatic heterocycles. The Labute approximate surface area is 108 Å². The molecule has 18 heavy (non-hydrogen) atoms. The lowest BCUT2D eigenvalue weighted by molar-refractivity contribution is 0.0518. The van der Waals surface area contributed by atoms with E-state index in [9.17, 15) is 9.36 Å². The Balaban J connectivity index is 3.89. The number of carbonyl (C=O) groups is 1. The van der Waals surface area contributed by atoms with Gasteiger partial charge in [0.15, 0.2) is 0 Å². The topological polar surface area (TPSA) is 73.9 Å². The fourth-order valence-electron chi connectivity index (χ4n) is 0.963. The highest BCUT2D eigenvalue weighted by Crippen LogP contribution is 2.48. The second-order valence-electron chi connectivity index (χ2n) is 4.40. The van der Waals surface area contributed by atoms with Crippen LogP contribution in [0.5, 0.6) is 0 Å². The normalized spacial score (nSPS) is 14.7. The molecule has 1 unspecified atom stereocenters. The highest BCUT2D eigenvalue weighted by Gasteiger charge is 2.19. The first kappa shape index (κ1) is 17.2. The van der Waals surface area contributed by atoms with Gasteiger partial charge in [0, 0.05) is 12.4 Å². The SMILES string of the molecule is C=CP(=O)(OCC)OCCNC(=O)OC(C)(C)C. The molecule has 0 aromatic heterocycles. The first-order chi connectivity index (χ1) is 8.22. The molecule has 0 aromatic rings. The highest BCUT2D eigenvalue weighted by molar-refractivity contribution is 7.57. The van der Waals surface area contributed by atoms with Crippen molar-refractivity contribution in [1.82, 2.24) is 5.32 Å². The highest BCUT2D eigenvalue weighted by atomic mass is 31.2. The average molecular weight is 279 g/mol. The molecule has 0 bridgehead atoms. The first-order valence-electron chi connectivity index (χ1n) is 5.71. The maximum Gasteiger partial charge on any atom is 0.407 e. The molecular formula is C11H22NO5P. The summed E-state index contributed by atoms with van der Waals surface area (Å²) in [5.41, 5.74) is -0.549. The molecule has 1 amide bonds. The van der Waals surface area contributed by atoms with Gasteiger partial charge in [0.25, 0.3) is 0 Å². The Morgan fingerprint density at radius 2 is 2.00 bits per heavy atom. The maximum absolute atomic E-state index is 11.7. The zero-order valence-corrected chi connectivity index (χ0v) is 12.3. The smallest absolute Gasteiger partial charge is 0.407 e. The number of amides is 1. The van der Waals surface area contributed by atoms with Crippen LogP contribution in [-0.2, 0) is 18.3 Å². The Morgan fingerprint density at radius 3 is 2.44 bits per heavy atom. The Kier molecular flexibility index (Phi) is 7.21. The van der Waals surface area contributed by atoms with Crippen molar-refractivity contribution in [3.8, 4) is 0 Å². The van der Waals surface area contributed by atoms with Gasteiger partial charge in [-0.2, -0.15) is 0 Å². The molecule has 0 fully saturated rings. The van der Waals surface area contributed by atoms with E-state index in [4.69, 9.17) is 13.8 Å². The maximum atomic E-state index is 11.7. The van der Waals surface area contributed by atoms with Crippen molar-refractivity contribution in [3.63, 3.8) is 0 Å². The average Bonchev–Trinajstić information content (AvgIpc) is 2.22. The van der Waals surface area contributed by atoms with Crippen molar-refractivity contribution >= 4 is 13.7 Å². The van der Waals surface area contributed by atoms with Gasteiger partial charge < -0.3 is 19.1 Å². The molecule has 0 aromatic carbocycles. The van der Waals surface area contributed by atoms with E-state index in [0.717, 1.165) is 5.82 Å². The molecule has 7 heteroatoms. The van der Waals surface area contributed by atoms with Crippen LogP contribution in [0.4, 0.5) is 4.79 Å². The summed E-state index contributed by atoms with van der Waals surface area (Å²) in [6, 6.07) is 0. The lowest BCUT2D eigenvalue weighted by Crippen LogP contribution is -2.34. The molecule has 0 aliphatic carbocycles. The van der Waals surface area contributed by atoms with Gasteiger partial charge in [-0.25, -0.2) is 4.79 Å². The summed E-state index contributed by atoms with van der Waals surface area (Å²) >= 11 is 0. The van der Waals surface area contributed by atoms with E-state index in [0.29, 0.717) is 0 Å².